The van der Waals surface area contributed by atoms with E-state index in [9.17, 15) is 24.0 Å². The second-order valence-corrected chi connectivity index (χ2v) is 10.1. The van der Waals surface area contributed by atoms with Gasteiger partial charge in [-0.15, -0.1) is 0 Å². The molecule has 1 atom stereocenters. The van der Waals surface area contributed by atoms with E-state index in [2.05, 4.69) is 5.32 Å². The minimum atomic E-state index is -1.11. The molecule has 10 heteroatoms. The van der Waals surface area contributed by atoms with Crippen molar-refractivity contribution in [2.45, 2.75) is 12.5 Å². The number of imide groups is 2. The number of nitrogens with zero attached hydrogens (tertiary/aromatic N) is 2. The highest BCUT2D eigenvalue weighted by Gasteiger charge is 2.43. The molecule has 0 aliphatic carbocycles. The summed E-state index contributed by atoms with van der Waals surface area (Å²) >= 11 is 0.824. The molecule has 3 aromatic carbocycles. The predicted octanol–water partition coefficient (Wildman–Crippen LogP) is 3.76. The minimum absolute atomic E-state index is 0.0405. The van der Waals surface area contributed by atoms with Crippen LogP contribution in [0, 0.1) is 0 Å². The summed E-state index contributed by atoms with van der Waals surface area (Å²) in [5.41, 5.74) is 2.01. The van der Waals surface area contributed by atoms with Gasteiger partial charge < -0.3 is 10.1 Å². The number of carbonyl (C=O) groups excluding carboxylic acids is 5. The third kappa shape index (κ3) is 5.39. The van der Waals surface area contributed by atoms with Gasteiger partial charge in [-0.1, -0.05) is 54.6 Å². The average molecular weight is 556 g/mol. The Labute approximate surface area is 234 Å². The summed E-state index contributed by atoms with van der Waals surface area (Å²) < 4.78 is 5.14. The fourth-order valence-corrected chi connectivity index (χ4v) is 5.45. The number of nitrogens with one attached hydrogen (secondary N) is 1. The standard InChI is InChI=1S/C30H25N3O6S/c1-39-21-13-11-20(12-14-21)18-25-29(37)32(30(38)40-25)16-15-31-26(34)24(17-19-7-3-2-4-8-19)33-27(35)22-9-5-6-10-23(22)28(33)36/h2-14,18,24H,15-17H2,1H3,(H,31,34)/t24-/m0/s1. The van der Waals surface area contributed by atoms with Crippen LogP contribution in [0.5, 0.6) is 5.75 Å². The molecule has 0 bridgehead atoms. The lowest BCUT2D eigenvalue weighted by Crippen LogP contribution is -2.51. The zero-order valence-corrected chi connectivity index (χ0v) is 22.4. The van der Waals surface area contributed by atoms with E-state index in [1.165, 1.54) is 0 Å². The van der Waals surface area contributed by atoms with Crippen LogP contribution in [0.4, 0.5) is 4.79 Å². The van der Waals surface area contributed by atoms with Gasteiger partial charge in [-0.2, -0.15) is 0 Å². The molecule has 2 aliphatic heterocycles. The van der Waals surface area contributed by atoms with Crippen LogP contribution in [0.15, 0.2) is 83.8 Å². The summed E-state index contributed by atoms with van der Waals surface area (Å²) in [5, 5.41) is 2.27. The van der Waals surface area contributed by atoms with Crippen LogP contribution in [-0.4, -0.2) is 64.9 Å². The Hall–Kier alpha value is -4.70. The third-order valence-electron chi connectivity index (χ3n) is 6.63. The number of thioether (sulfide) groups is 1. The molecular formula is C30H25N3O6S. The first-order valence-corrected chi connectivity index (χ1v) is 13.4. The lowest BCUT2D eigenvalue weighted by Gasteiger charge is -2.26. The van der Waals surface area contributed by atoms with Gasteiger partial charge in [0.25, 0.3) is 23.0 Å². The van der Waals surface area contributed by atoms with Gasteiger partial charge in [-0.25, -0.2) is 0 Å². The summed E-state index contributed by atoms with van der Waals surface area (Å²) in [6.07, 6.45) is 1.74. The molecule has 0 spiro atoms. The Morgan fingerprint density at radius 1 is 0.875 bits per heavy atom. The molecule has 1 fully saturated rings. The minimum Gasteiger partial charge on any atom is -0.497 e. The summed E-state index contributed by atoms with van der Waals surface area (Å²) in [4.78, 5) is 67.5. The number of rotatable bonds is 9. The summed E-state index contributed by atoms with van der Waals surface area (Å²) in [6.45, 7) is -0.0995. The first-order chi connectivity index (χ1) is 19.4. The van der Waals surface area contributed by atoms with Crippen molar-refractivity contribution in [1.82, 2.24) is 15.1 Å². The number of amides is 5. The molecule has 1 saturated heterocycles. The number of fused-ring (bicyclic) bond motifs is 1. The number of carbonyl (C=O) groups is 5. The highest BCUT2D eigenvalue weighted by molar-refractivity contribution is 8.18. The van der Waals surface area contributed by atoms with Crippen LogP contribution in [-0.2, 0) is 16.0 Å². The average Bonchev–Trinajstić information content (AvgIpc) is 3.39. The van der Waals surface area contributed by atoms with E-state index < -0.39 is 34.9 Å². The first-order valence-electron chi connectivity index (χ1n) is 12.6. The quantitative estimate of drug-likeness (QED) is 0.316. The molecule has 5 rings (SSSR count). The summed E-state index contributed by atoms with van der Waals surface area (Å²) in [7, 11) is 1.56. The molecule has 0 unspecified atom stereocenters. The Bertz CT molecular complexity index is 1480. The molecule has 9 nitrogen and oxygen atoms in total. The predicted molar refractivity (Wildman–Crippen MR) is 150 cm³/mol. The van der Waals surface area contributed by atoms with E-state index in [0.29, 0.717) is 5.75 Å². The molecule has 0 aromatic heterocycles. The lowest BCUT2D eigenvalue weighted by atomic mass is 10.0. The van der Waals surface area contributed by atoms with Crippen molar-refractivity contribution < 1.29 is 28.7 Å². The maximum Gasteiger partial charge on any atom is 0.293 e. The van der Waals surface area contributed by atoms with E-state index in [0.717, 1.165) is 32.7 Å². The number of methoxy groups -OCH3 is 1. The fourth-order valence-electron chi connectivity index (χ4n) is 4.58. The van der Waals surface area contributed by atoms with Gasteiger partial charge in [-0.3, -0.25) is 33.8 Å². The molecule has 2 heterocycles. The second kappa shape index (κ2) is 11.6. The zero-order valence-electron chi connectivity index (χ0n) is 21.5. The van der Waals surface area contributed by atoms with Crippen LogP contribution >= 0.6 is 11.8 Å². The first kappa shape index (κ1) is 26.9. The molecule has 1 N–H and O–H groups in total. The van der Waals surface area contributed by atoms with E-state index in [4.69, 9.17) is 4.74 Å². The third-order valence-corrected chi connectivity index (χ3v) is 7.54. The topological polar surface area (TPSA) is 113 Å². The summed E-state index contributed by atoms with van der Waals surface area (Å²) in [6, 6.07) is 21.5. The van der Waals surface area contributed by atoms with Crippen molar-refractivity contribution >= 4 is 46.7 Å². The monoisotopic (exact) mass is 555 g/mol. The van der Waals surface area contributed by atoms with Crippen molar-refractivity contribution in [2.24, 2.45) is 0 Å². The van der Waals surface area contributed by atoms with Gasteiger partial charge in [0, 0.05) is 19.5 Å². The number of hydrogen-bond donors (Lipinski definition) is 1. The van der Waals surface area contributed by atoms with E-state index in [1.54, 1.807) is 61.7 Å². The van der Waals surface area contributed by atoms with Crippen molar-refractivity contribution in [3.05, 3.63) is 106 Å². The fraction of sp³-hybridized carbons (Fsp3) is 0.167. The molecular weight excluding hydrogens is 530 g/mol. The molecule has 0 radical (unpaired) electrons. The van der Waals surface area contributed by atoms with Gasteiger partial charge in [0.2, 0.25) is 5.91 Å². The molecule has 2 aliphatic rings. The highest BCUT2D eigenvalue weighted by Crippen LogP contribution is 2.32. The van der Waals surface area contributed by atoms with Crippen LogP contribution in [0.2, 0.25) is 0 Å². The molecule has 40 heavy (non-hydrogen) atoms. The Morgan fingerprint density at radius 3 is 2.12 bits per heavy atom. The largest absolute Gasteiger partial charge is 0.497 e. The Balaban J connectivity index is 1.27. The lowest BCUT2D eigenvalue weighted by molar-refractivity contribution is -0.126. The number of hydrogen-bond acceptors (Lipinski definition) is 7. The molecule has 0 saturated carbocycles. The van der Waals surface area contributed by atoms with Gasteiger partial charge in [-0.05, 0) is 53.2 Å². The Morgan fingerprint density at radius 2 is 1.50 bits per heavy atom. The highest BCUT2D eigenvalue weighted by atomic mass is 32.2. The summed E-state index contributed by atoms with van der Waals surface area (Å²) in [5.74, 6) is -1.41. The van der Waals surface area contributed by atoms with Gasteiger partial charge in [0.15, 0.2) is 0 Å². The normalized spacial score (nSPS) is 16.5. The number of ether oxygens (including phenoxy) is 1. The van der Waals surface area contributed by atoms with E-state index in [1.807, 2.05) is 30.3 Å². The van der Waals surface area contributed by atoms with Crippen molar-refractivity contribution in [1.29, 1.82) is 0 Å². The second-order valence-electron chi connectivity index (χ2n) is 9.13. The van der Waals surface area contributed by atoms with Gasteiger partial charge in [0.1, 0.15) is 11.8 Å². The van der Waals surface area contributed by atoms with Crippen LogP contribution < -0.4 is 10.1 Å². The van der Waals surface area contributed by atoms with Gasteiger partial charge >= 0.3 is 0 Å². The van der Waals surface area contributed by atoms with Crippen molar-refractivity contribution in [3.63, 3.8) is 0 Å². The Kier molecular flexibility index (Phi) is 7.79. The maximum atomic E-state index is 13.4. The van der Waals surface area contributed by atoms with Crippen molar-refractivity contribution in [3.8, 4) is 5.75 Å². The molecule has 202 valence electrons. The van der Waals surface area contributed by atoms with Crippen molar-refractivity contribution in [2.75, 3.05) is 20.2 Å². The smallest absolute Gasteiger partial charge is 0.293 e. The molecule has 5 amide bonds. The number of benzene rings is 3. The van der Waals surface area contributed by atoms with E-state index in [-0.39, 0.29) is 35.5 Å². The van der Waals surface area contributed by atoms with Gasteiger partial charge in [0.05, 0.1) is 23.1 Å². The maximum absolute atomic E-state index is 13.4. The van der Waals surface area contributed by atoms with Crippen LogP contribution in [0.25, 0.3) is 6.08 Å². The zero-order chi connectivity index (χ0) is 28.2. The van der Waals surface area contributed by atoms with Crippen LogP contribution in [0.3, 0.4) is 0 Å². The van der Waals surface area contributed by atoms with Crippen LogP contribution in [0.1, 0.15) is 31.8 Å². The van der Waals surface area contributed by atoms with E-state index >= 15 is 0 Å². The SMILES string of the molecule is COc1ccc(C=C2SC(=O)N(CCNC(=O)[C@H](Cc3ccccc3)N3C(=O)c4ccccc4C3=O)C2=O)cc1. The molecule has 3 aromatic rings.